The van der Waals surface area contributed by atoms with Crippen LogP contribution in [0.15, 0.2) is 47.5 Å². The van der Waals surface area contributed by atoms with Gasteiger partial charge in [-0.25, -0.2) is 4.68 Å². The number of primary amides is 1. The summed E-state index contributed by atoms with van der Waals surface area (Å²) < 4.78 is 2.35. The van der Waals surface area contributed by atoms with Gasteiger partial charge in [-0.05, 0) is 43.2 Å². The van der Waals surface area contributed by atoms with Crippen LogP contribution < -0.4 is 16.7 Å². The Balaban J connectivity index is 1.85. The molecule has 0 aliphatic rings. The maximum atomic E-state index is 12.7. The van der Waals surface area contributed by atoms with E-state index < -0.39 is 22.3 Å². The van der Waals surface area contributed by atoms with Gasteiger partial charge in [0.25, 0.3) is 17.4 Å². The first-order chi connectivity index (χ1) is 14.2. The number of amides is 2. The van der Waals surface area contributed by atoms with Crippen molar-refractivity contribution in [2.75, 3.05) is 5.43 Å². The lowest BCUT2D eigenvalue weighted by atomic mass is 10.1. The second-order valence-corrected chi connectivity index (χ2v) is 6.64. The fraction of sp³-hybridized carbons (Fsp3) is 0.158. The summed E-state index contributed by atoms with van der Waals surface area (Å²) in [5.41, 5.74) is 8.47. The lowest BCUT2D eigenvalue weighted by Crippen LogP contribution is -2.39. The SMILES string of the molecule is Cc1cc(C)n(NC(=O)c2cccc(Cn3cc([N+](=O)[O-])cn3)c2)c(=O)c1C(N)=O. The van der Waals surface area contributed by atoms with Crippen LogP contribution >= 0.6 is 0 Å². The van der Waals surface area contributed by atoms with E-state index in [2.05, 4.69) is 10.5 Å². The Morgan fingerprint density at radius 1 is 1.27 bits per heavy atom. The Morgan fingerprint density at radius 3 is 2.63 bits per heavy atom. The topological polar surface area (TPSA) is 155 Å². The molecule has 0 saturated heterocycles. The zero-order valence-electron chi connectivity index (χ0n) is 16.2. The number of nitrogens with zero attached hydrogens (tertiary/aromatic N) is 4. The van der Waals surface area contributed by atoms with Gasteiger partial charge in [-0.3, -0.25) is 34.6 Å². The van der Waals surface area contributed by atoms with Crippen molar-refractivity contribution < 1.29 is 14.5 Å². The largest absolute Gasteiger partial charge is 0.365 e. The maximum absolute atomic E-state index is 12.7. The molecule has 2 heterocycles. The first-order valence-corrected chi connectivity index (χ1v) is 8.77. The predicted octanol–water partition coefficient (Wildman–Crippen LogP) is 1.10. The van der Waals surface area contributed by atoms with Crippen LogP contribution in [-0.2, 0) is 6.54 Å². The molecular weight excluding hydrogens is 392 g/mol. The standard InChI is InChI=1S/C19H18N6O5/c1-11-6-12(2)24(19(28)16(11)17(20)26)22-18(27)14-5-3-4-13(7-14)9-23-10-15(8-21-23)25(29)30/h3-8,10H,9H2,1-2H3,(H2,20,26)(H,22,27). The summed E-state index contributed by atoms with van der Waals surface area (Å²) in [4.78, 5) is 47.0. The van der Waals surface area contributed by atoms with E-state index in [9.17, 15) is 24.5 Å². The van der Waals surface area contributed by atoms with E-state index in [1.807, 2.05) is 0 Å². The van der Waals surface area contributed by atoms with Gasteiger partial charge in [0.15, 0.2) is 0 Å². The van der Waals surface area contributed by atoms with Crippen molar-refractivity contribution in [2.45, 2.75) is 20.4 Å². The third-order valence-electron chi connectivity index (χ3n) is 4.41. The molecule has 2 amide bonds. The summed E-state index contributed by atoms with van der Waals surface area (Å²) in [6, 6.07) is 8.07. The second-order valence-electron chi connectivity index (χ2n) is 6.64. The average Bonchev–Trinajstić information content (AvgIpc) is 3.13. The first kappa shape index (κ1) is 20.5. The van der Waals surface area contributed by atoms with Gasteiger partial charge in [0.05, 0.1) is 11.5 Å². The number of nitrogens with two attached hydrogens (primary N) is 1. The Kier molecular flexibility index (Phi) is 5.45. The van der Waals surface area contributed by atoms with Crippen LogP contribution in [0.1, 0.15) is 37.5 Å². The monoisotopic (exact) mass is 410 g/mol. The number of nitrogens with one attached hydrogen (secondary N) is 1. The number of nitro groups is 1. The van der Waals surface area contributed by atoms with Crippen LogP contribution in [0.3, 0.4) is 0 Å². The Bertz CT molecular complexity index is 1230. The van der Waals surface area contributed by atoms with Gasteiger partial charge in [0.2, 0.25) is 0 Å². The summed E-state index contributed by atoms with van der Waals surface area (Å²) in [5.74, 6) is -1.46. The van der Waals surface area contributed by atoms with E-state index in [1.54, 1.807) is 44.2 Å². The molecule has 11 heteroatoms. The lowest BCUT2D eigenvalue weighted by Gasteiger charge is -2.14. The molecule has 0 fully saturated rings. The Morgan fingerprint density at radius 2 is 2.00 bits per heavy atom. The van der Waals surface area contributed by atoms with E-state index >= 15 is 0 Å². The van der Waals surface area contributed by atoms with Crippen molar-refractivity contribution in [1.82, 2.24) is 14.5 Å². The Hall–Kier alpha value is -4.28. The molecule has 0 saturated carbocycles. The maximum Gasteiger partial charge on any atom is 0.307 e. The first-order valence-electron chi connectivity index (χ1n) is 8.77. The van der Waals surface area contributed by atoms with Crippen LogP contribution in [0.25, 0.3) is 0 Å². The molecule has 3 N–H and O–H groups in total. The summed E-state index contributed by atoms with van der Waals surface area (Å²) in [7, 11) is 0. The number of aryl methyl sites for hydroxylation is 2. The van der Waals surface area contributed by atoms with Crippen LogP contribution in [-0.4, -0.2) is 31.2 Å². The lowest BCUT2D eigenvalue weighted by molar-refractivity contribution is -0.385. The number of hydrogen-bond donors (Lipinski definition) is 2. The summed E-state index contributed by atoms with van der Waals surface area (Å²) >= 11 is 0. The molecule has 0 spiro atoms. The zero-order chi connectivity index (χ0) is 22.0. The van der Waals surface area contributed by atoms with E-state index in [4.69, 9.17) is 5.73 Å². The quantitative estimate of drug-likeness (QED) is 0.458. The number of rotatable bonds is 6. The van der Waals surface area contributed by atoms with Gasteiger partial charge in [-0.1, -0.05) is 12.1 Å². The molecule has 1 aromatic carbocycles. The van der Waals surface area contributed by atoms with Crippen LogP contribution in [0, 0.1) is 24.0 Å². The molecule has 30 heavy (non-hydrogen) atoms. The van der Waals surface area contributed by atoms with Gasteiger partial charge in [-0.15, -0.1) is 0 Å². The normalized spacial score (nSPS) is 10.6. The van der Waals surface area contributed by atoms with E-state index in [1.165, 1.54) is 10.9 Å². The molecule has 0 atom stereocenters. The minimum Gasteiger partial charge on any atom is -0.365 e. The highest BCUT2D eigenvalue weighted by atomic mass is 16.6. The van der Waals surface area contributed by atoms with Crippen molar-refractivity contribution in [2.24, 2.45) is 5.73 Å². The van der Waals surface area contributed by atoms with Crippen molar-refractivity contribution >= 4 is 17.5 Å². The fourth-order valence-electron chi connectivity index (χ4n) is 3.03. The third-order valence-corrected chi connectivity index (χ3v) is 4.41. The molecule has 0 aliphatic heterocycles. The van der Waals surface area contributed by atoms with Gasteiger partial charge in [0.1, 0.15) is 18.0 Å². The van der Waals surface area contributed by atoms with E-state index in [0.29, 0.717) is 16.8 Å². The number of carbonyl (C=O) groups is 2. The van der Waals surface area contributed by atoms with E-state index in [0.717, 1.165) is 10.9 Å². The van der Waals surface area contributed by atoms with Crippen LogP contribution in [0.4, 0.5) is 5.69 Å². The van der Waals surface area contributed by atoms with Gasteiger partial charge >= 0.3 is 5.69 Å². The molecule has 2 aromatic heterocycles. The number of pyridine rings is 1. The third kappa shape index (κ3) is 4.09. The van der Waals surface area contributed by atoms with Crippen molar-refractivity contribution in [3.8, 4) is 0 Å². The molecule has 0 bridgehead atoms. The zero-order valence-corrected chi connectivity index (χ0v) is 16.2. The molecule has 154 valence electrons. The molecule has 0 aliphatic carbocycles. The molecule has 0 unspecified atom stereocenters. The van der Waals surface area contributed by atoms with Crippen molar-refractivity contribution in [3.05, 3.63) is 91.1 Å². The predicted molar refractivity (Wildman–Crippen MR) is 107 cm³/mol. The molecule has 11 nitrogen and oxygen atoms in total. The number of benzene rings is 1. The van der Waals surface area contributed by atoms with Gasteiger partial charge in [-0.2, -0.15) is 5.10 Å². The highest BCUT2D eigenvalue weighted by Gasteiger charge is 2.17. The minimum atomic E-state index is -0.879. The van der Waals surface area contributed by atoms with Gasteiger partial charge < -0.3 is 5.73 Å². The fourth-order valence-corrected chi connectivity index (χ4v) is 3.03. The van der Waals surface area contributed by atoms with E-state index in [-0.39, 0.29) is 23.4 Å². The summed E-state index contributed by atoms with van der Waals surface area (Å²) in [6.07, 6.45) is 2.42. The van der Waals surface area contributed by atoms with Crippen LogP contribution in [0.2, 0.25) is 0 Å². The number of hydrogen-bond acceptors (Lipinski definition) is 6. The molecule has 3 rings (SSSR count). The Labute approximate surface area is 169 Å². The highest BCUT2D eigenvalue weighted by Crippen LogP contribution is 2.12. The van der Waals surface area contributed by atoms with Crippen molar-refractivity contribution in [1.29, 1.82) is 0 Å². The van der Waals surface area contributed by atoms with Crippen molar-refractivity contribution in [3.63, 3.8) is 0 Å². The summed E-state index contributed by atoms with van der Waals surface area (Å²) in [5, 5.41) is 14.7. The molecule has 0 radical (unpaired) electrons. The molecule has 3 aromatic rings. The minimum absolute atomic E-state index is 0.136. The molecular formula is C19H18N6O5. The average molecular weight is 410 g/mol. The second kappa shape index (κ2) is 7.99. The highest BCUT2D eigenvalue weighted by molar-refractivity contribution is 6.00. The van der Waals surface area contributed by atoms with Gasteiger partial charge in [0, 0.05) is 11.3 Å². The number of carbonyl (C=O) groups excluding carboxylic acids is 2. The smallest absolute Gasteiger partial charge is 0.307 e. The number of aromatic nitrogens is 3. The van der Waals surface area contributed by atoms with Crippen LogP contribution in [0.5, 0.6) is 0 Å². The summed E-state index contributed by atoms with van der Waals surface area (Å²) in [6.45, 7) is 3.41.